The first-order valence-electron chi connectivity index (χ1n) is 10.1. The van der Waals surface area contributed by atoms with Gasteiger partial charge in [0.25, 0.3) is 11.8 Å². The molecular formula is C24H18ClN5O3. The molecule has 0 aliphatic rings. The number of hydrogen-bond donors (Lipinski definition) is 1. The molecule has 1 N–H and O–H groups in total. The van der Waals surface area contributed by atoms with Gasteiger partial charge in [0.2, 0.25) is 5.89 Å². The van der Waals surface area contributed by atoms with E-state index in [4.69, 9.17) is 20.8 Å². The topological polar surface area (TPSA) is 95.1 Å². The Labute approximate surface area is 193 Å². The quantitative estimate of drug-likeness (QED) is 0.379. The second-order valence-electron chi connectivity index (χ2n) is 7.27. The second-order valence-corrected chi connectivity index (χ2v) is 7.70. The number of nitrogens with zero attached hydrogens (tertiary/aromatic N) is 4. The zero-order valence-electron chi connectivity index (χ0n) is 17.5. The van der Waals surface area contributed by atoms with Crippen molar-refractivity contribution in [1.29, 1.82) is 0 Å². The van der Waals surface area contributed by atoms with Crippen molar-refractivity contribution in [2.75, 3.05) is 5.32 Å². The van der Waals surface area contributed by atoms with Gasteiger partial charge in [0.1, 0.15) is 5.75 Å². The third kappa shape index (κ3) is 4.42. The first-order valence-corrected chi connectivity index (χ1v) is 10.5. The van der Waals surface area contributed by atoms with Crippen LogP contribution in [-0.2, 0) is 13.7 Å². The van der Waals surface area contributed by atoms with Crippen LogP contribution in [0.2, 0.25) is 5.02 Å². The number of carbonyl (C=O) groups is 1. The molecule has 0 radical (unpaired) electrons. The molecule has 0 aliphatic carbocycles. The van der Waals surface area contributed by atoms with Gasteiger partial charge in [-0.25, -0.2) is 0 Å². The van der Waals surface area contributed by atoms with Gasteiger partial charge in [0, 0.05) is 34.8 Å². The molecule has 0 saturated carbocycles. The predicted octanol–water partition coefficient (Wildman–Crippen LogP) is 5.11. The molecule has 9 heteroatoms. The van der Waals surface area contributed by atoms with Gasteiger partial charge in [-0.15, -0.1) is 10.2 Å². The van der Waals surface area contributed by atoms with E-state index in [1.54, 1.807) is 53.2 Å². The Morgan fingerprint density at radius 1 is 1.06 bits per heavy atom. The number of aromatic nitrogens is 4. The van der Waals surface area contributed by atoms with Crippen molar-refractivity contribution in [3.8, 4) is 17.2 Å². The molecule has 164 valence electrons. The number of benzene rings is 3. The fourth-order valence-electron chi connectivity index (χ4n) is 3.40. The predicted molar refractivity (Wildman–Crippen MR) is 124 cm³/mol. The highest BCUT2D eigenvalue weighted by atomic mass is 35.5. The standard InChI is InChI=1S/C24H18ClN5O3/c1-30-20-8-3-2-7-19(20)22(29-30)23(31)26-17-5-4-6-18(13-17)32-14-21-27-28-24(33-21)15-9-11-16(25)12-10-15/h2-13H,14H2,1H3,(H,26,31). The van der Waals surface area contributed by atoms with Crippen molar-refractivity contribution in [2.45, 2.75) is 6.61 Å². The molecule has 3 aromatic carbocycles. The number of nitrogens with one attached hydrogen (secondary N) is 1. The molecule has 33 heavy (non-hydrogen) atoms. The van der Waals surface area contributed by atoms with E-state index in [2.05, 4.69) is 20.6 Å². The number of hydrogen-bond acceptors (Lipinski definition) is 6. The summed E-state index contributed by atoms with van der Waals surface area (Å²) in [4.78, 5) is 12.8. The SMILES string of the molecule is Cn1nc(C(=O)Nc2cccc(OCc3nnc(-c4ccc(Cl)cc4)o3)c2)c2ccccc21. The summed E-state index contributed by atoms with van der Waals surface area (Å²) in [5.74, 6) is 0.960. The van der Waals surface area contributed by atoms with E-state index >= 15 is 0 Å². The molecule has 5 rings (SSSR count). The summed E-state index contributed by atoms with van der Waals surface area (Å²) in [6.45, 7) is 0.0862. The molecule has 0 saturated heterocycles. The molecule has 0 unspecified atom stereocenters. The maximum Gasteiger partial charge on any atom is 0.276 e. The van der Waals surface area contributed by atoms with Crippen LogP contribution in [0, 0.1) is 0 Å². The average Bonchev–Trinajstić information content (AvgIpc) is 3.44. The van der Waals surface area contributed by atoms with Crippen molar-refractivity contribution in [3.63, 3.8) is 0 Å². The lowest BCUT2D eigenvalue weighted by Gasteiger charge is -2.07. The van der Waals surface area contributed by atoms with Gasteiger partial charge in [-0.3, -0.25) is 9.48 Å². The molecule has 0 fully saturated rings. The summed E-state index contributed by atoms with van der Waals surface area (Å²) >= 11 is 5.91. The van der Waals surface area contributed by atoms with E-state index in [9.17, 15) is 4.79 Å². The van der Waals surface area contributed by atoms with Gasteiger partial charge in [0.15, 0.2) is 12.3 Å². The molecule has 2 heterocycles. The lowest BCUT2D eigenvalue weighted by atomic mass is 10.2. The third-order valence-corrected chi connectivity index (χ3v) is 5.24. The van der Waals surface area contributed by atoms with Gasteiger partial charge >= 0.3 is 0 Å². The molecule has 1 amide bonds. The Balaban J connectivity index is 1.26. The normalized spacial score (nSPS) is 11.0. The highest BCUT2D eigenvalue weighted by molar-refractivity contribution is 6.30. The highest BCUT2D eigenvalue weighted by Crippen LogP contribution is 2.23. The molecule has 0 atom stereocenters. The van der Waals surface area contributed by atoms with Gasteiger partial charge in [0.05, 0.1) is 5.52 Å². The monoisotopic (exact) mass is 459 g/mol. The van der Waals surface area contributed by atoms with E-state index in [-0.39, 0.29) is 12.5 Å². The fourth-order valence-corrected chi connectivity index (χ4v) is 3.53. The number of amides is 1. The average molecular weight is 460 g/mol. The van der Waals surface area contributed by atoms with Crippen molar-refractivity contribution in [1.82, 2.24) is 20.0 Å². The van der Waals surface area contributed by atoms with Crippen LogP contribution in [0.1, 0.15) is 16.4 Å². The fraction of sp³-hybridized carbons (Fsp3) is 0.0833. The minimum Gasteiger partial charge on any atom is -0.484 e. The van der Waals surface area contributed by atoms with Gasteiger partial charge in [-0.1, -0.05) is 35.9 Å². The van der Waals surface area contributed by atoms with E-state index in [1.807, 2.05) is 31.3 Å². The molecule has 2 aromatic heterocycles. The number of ether oxygens (including phenoxy) is 1. The van der Waals surface area contributed by atoms with Crippen LogP contribution in [0.4, 0.5) is 5.69 Å². The van der Waals surface area contributed by atoms with E-state index in [0.717, 1.165) is 16.5 Å². The lowest BCUT2D eigenvalue weighted by Crippen LogP contribution is -2.13. The molecule has 0 spiro atoms. The Morgan fingerprint density at radius 2 is 1.88 bits per heavy atom. The Kier molecular flexibility index (Phi) is 5.50. The molecule has 8 nitrogen and oxygen atoms in total. The Hall–Kier alpha value is -4.17. The second kappa shape index (κ2) is 8.76. The van der Waals surface area contributed by atoms with Crippen LogP contribution in [0.15, 0.2) is 77.2 Å². The van der Waals surface area contributed by atoms with Crippen LogP contribution < -0.4 is 10.1 Å². The first-order chi connectivity index (χ1) is 16.1. The highest BCUT2D eigenvalue weighted by Gasteiger charge is 2.16. The largest absolute Gasteiger partial charge is 0.484 e. The number of carbonyl (C=O) groups excluding carboxylic acids is 1. The van der Waals surface area contributed by atoms with Gasteiger partial charge in [-0.2, -0.15) is 5.10 Å². The van der Waals surface area contributed by atoms with Gasteiger partial charge < -0.3 is 14.5 Å². The van der Waals surface area contributed by atoms with Crippen LogP contribution in [0.3, 0.4) is 0 Å². The van der Waals surface area contributed by atoms with Gasteiger partial charge in [-0.05, 0) is 42.5 Å². The molecular weight excluding hydrogens is 442 g/mol. The molecule has 0 aliphatic heterocycles. The summed E-state index contributed by atoms with van der Waals surface area (Å²) in [5, 5.41) is 16.7. The zero-order valence-corrected chi connectivity index (χ0v) is 18.3. The van der Waals surface area contributed by atoms with Crippen molar-refractivity contribution < 1.29 is 13.9 Å². The number of rotatable bonds is 6. The molecule has 5 aromatic rings. The summed E-state index contributed by atoms with van der Waals surface area (Å²) in [6.07, 6.45) is 0. The zero-order chi connectivity index (χ0) is 22.8. The van der Waals surface area contributed by atoms with Crippen LogP contribution in [0.25, 0.3) is 22.4 Å². The van der Waals surface area contributed by atoms with Crippen LogP contribution in [0.5, 0.6) is 5.75 Å². The maximum absolute atomic E-state index is 12.8. The Bertz CT molecular complexity index is 1440. The smallest absolute Gasteiger partial charge is 0.276 e. The summed E-state index contributed by atoms with van der Waals surface area (Å²) < 4.78 is 13.1. The summed E-state index contributed by atoms with van der Waals surface area (Å²) in [7, 11) is 1.81. The summed E-state index contributed by atoms with van der Waals surface area (Å²) in [6, 6.07) is 21.8. The van der Waals surface area contributed by atoms with Crippen molar-refractivity contribution in [2.24, 2.45) is 7.05 Å². The Morgan fingerprint density at radius 3 is 2.73 bits per heavy atom. The van der Waals surface area contributed by atoms with Crippen LogP contribution in [-0.4, -0.2) is 25.9 Å². The maximum atomic E-state index is 12.8. The minimum atomic E-state index is -0.298. The first kappa shape index (κ1) is 20.7. The number of para-hydroxylation sites is 1. The number of anilines is 1. The lowest BCUT2D eigenvalue weighted by molar-refractivity contribution is 0.102. The van der Waals surface area contributed by atoms with E-state index < -0.39 is 0 Å². The summed E-state index contributed by atoms with van der Waals surface area (Å²) in [5.41, 5.74) is 2.60. The number of fused-ring (bicyclic) bond motifs is 1. The van der Waals surface area contributed by atoms with Crippen molar-refractivity contribution >= 4 is 34.1 Å². The molecule has 0 bridgehead atoms. The van der Waals surface area contributed by atoms with Crippen molar-refractivity contribution in [3.05, 3.63) is 89.4 Å². The third-order valence-electron chi connectivity index (χ3n) is 4.99. The van der Waals surface area contributed by atoms with Crippen LogP contribution >= 0.6 is 11.6 Å². The van der Waals surface area contributed by atoms with E-state index in [0.29, 0.717) is 33.9 Å². The number of aryl methyl sites for hydroxylation is 1. The van der Waals surface area contributed by atoms with E-state index in [1.165, 1.54) is 0 Å². The number of halogens is 1. The minimum absolute atomic E-state index is 0.0862.